The van der Waals surface area contributed by atoms with Gasteiger partial charge in [-0.05, 0) is 49.0 Å². The smallest absolute Gasteiger partial charge is 0.00494 e. The maximum atomic E-state index is 2.37. The maximum absolute atomic E-state index is 2.37. The number of hydrogen-bond acceptors (Lipinski definition) is 0. The summed E-state index contributed by atoms with van der Waals surface area (Å²) in [6, 6.07) is 11.2. The molecule has 0 unspecified atom stereocenters. The molecule has 0 aromatic heterocycles. The molecular formula is C17H26. The minimum Gasteiger partial charge on any atom is -0.0654 e. The van der Waals surface area contributed by atoms with Crippen molar-refractivity contribution >= 4 is 0 Å². The van der Waals surface area contributed by atoms with Gasteiger partial charge in [0, 0.05) is 0 Å². The third-order valence-electron chi connectivity index (χ3n) is 4.82. The summed E-state index contributed by atoms with van der Waals surface area (Å²) in [6.45, 7) is 4.69. The lowest BCUT2D eigenvalue weighted by atomic mass is 9.65. The van der Waals surface area contributed by atoms with Gasteiger partial charge in [0.1, 0.15) is 0 Å². The number of hydrogen-bond donors (Lipinski definition) is 0. The zero-order valence-electron chi connectivity index (χ0n) is 11.4. The van der Waals surface area contributed by atoms with Crippen LogP contribution in [0.4, 0.5) is 0 Å². The van der Waals surface area contributed by atoms with Crippen molar-refractivity contribution in [1.82, 2.24) is 0 Å². The van der Waals surface area contributed by atoms with Gasteiger partial charge in [-0.1, -0.05) is 57.0 Å². The molecule has 0 spiro atoms. The van der Waals surface area contributed by atoms with E-state index in [9.17, 15) is 0 Å². The first-order valence-electron chi connectivity index (χ1n) is 7.36. The molecule has 1 aromatic rings. The highest BCUT2D eigenvalue weighted by Crippen LogP contribution is 2.44. The standard InChI is InChI=1S/C17H26/c1-3-8-15-11-13-17(4-2,14-12-15)16-9-6-5-7-10-16/h5-7,9-10,15H,3-4,8,11-14H2,1-2H3. The third kappa shape index (κ3) is 2.73. The average molecular weight is 230 g/mol. The Bertz CT molecular complexity index is 317. The van der Waals surface area contributed by atoms with Crippen molar-refractivity contribution in [2.24, 2.45) is 5.92 Å². The maximum Gasteiger partial charge on any atom is -0.00494 e. The van der Waals surface area contributed by atoms with Gasteiger partial charge in [-0.3, -0.25) is 0 Å². The van der Waals surface area contributed by atoms with Crippen LogP contribution in [0.25, 0.3) is 0 Å². The van der Waals surface area contributed by atoms with Gasteiger partial charge in [0.25, 0.3) is 0 Å². The van der Waals surface area contributed by atoms with Crippen LogP contribution in [0.15, 0.2) is 30.3 Å². The predicted octanol–water partition coefficient (Wildman–Crippen LogP) is 5.32. The monoisotopic (exact) mass is 230 g/mol. The fraction of sp³-hybridized carbons (Fsp3) is 0.647. The van der Waals surface area contributed by atoms with Crippen molar-refractivity contribution in [3.63, 3.8) is 0 Å². The highest BCUT2D eigenvalue weighted by molar-refractivity contribution is 5.25. The van der Waals surface area contributed by atoms with Gasteiger partial charge in [-0.15, -0.1) is 0 Å². The Balaban J connectivity index is 2.08. The van der Waals surface area contributed by atoms with Gasteiger partial charge in [-0.25, -0.2) is 0 Å². The SMILES string of the molecule is CCCC1CCC(CC)(c2ccccc2)CC1. The van der Waals surface area contributed by atoms with Crippen molar-refractivity contribution in [3.8, 4) is 0 Å². The van der Waals surface area contributed by atoms with Gasteiger partial charge in [0.15, 0.2) is 0 Å². The molecule has 0 radical (unpaired) electrons. The lowest BCUT2D eigenvalue weighted by Gasteiger charge is -2.40. The molecule has 2 rings (SSSR count). The van der Waals surface area contributed by atoms with E-state index in [1.54, 1.807) is 5.56 Å². The molecule has 0 saturated heterocycles. The van der Waals surface area contributed by atoms with Crippen LogP contribution >= 0.6 is 0 Å². The Hall–Kier alpha value is -0.780. The summed E-state index contributed by atoms with van der Waals surface area (Å²) in [6.07, 6.45) is 9.78. The molecule has 0 atom stereocenters. The third-order valence-corrected chi connectivity index (χ3v) is 4.82. The van der Waals surface area contributed by atoms with Crippen LogP contribution in [0, 0.1) is 5.92 Å². The van der Waals surface area contributed by atoms with Gasteiger partial charge >= 0.3 is 0 Å². The second-order valence-corrected chi connectivity index (χ2v) is 5.73. The van der Waals surface area contributed by atoms with E-state index in [4.69, 9.17) is 0 Å². The molecular weight excluding hydrogens is 204 g/mol. The van der Waals surface area contributed by atoms with E-state index in [2.05, 4.69) is 44.2 Å². The summed E-state index contributed by atoms with van der Waals surface area (Å²) in [5.74, 6) is 1.00. The molecule has 0 heteroatoms. The molecule has 0 bridgehead atoms. The highest BCUT2D eigenvalue weighted by atomic mass is 14.4. The Kier molecular flexibility index (Phi) is 4.25. The van der Waals surface area contributed by atoms with Gasteiger partial charge in [0.05, 0.1) is 0 Å². The van der Waals surface area contributed by atoms with E-state index in [1.807, 2.05) is 0 Å². The van der Waals surface area contributed by atoms with E-state index in [0.29, 0.717) is 5.41 Å². The van der Waals surface area contributed by atoms with E-state index in [-0.39, 0.29) is 0 Å². The van der Waals surface area contributed by atoms with Crippen molar-refractivity contribution in [3.05, 3.63) is 35.9 Å². The van der Waals surface area contributed by atoms with E-state index in [0.717, 1.165) is 5.92 Å². The van der Waals surface area contributed by atoms with Gasteiger partial charge in [-0.2, -0.15) is 0 Å². The quantitative estimate of drug-likeness (QED) is 0.656. The topological polar surface area (TPSA) is 0 Å². The minimum atomic E-state index is 0.492. The Morgan fingerprint density at radius 1 is 1.06 bits per heavy atom. The van der Waals surface area contributed by atoms with E-state index in [1.165, 1.54) is 44.9 Å². The zero-order valence-corrected chi connectivity index (χ0v) is 11.4. The molecule has 0 N–H and O–H groups in total. The molecule has 1 saturated carbocycles. The van der Waals surface area contributed by atoms with Gasteiger partial charge in [0.2, 0.25) is 0 Å². The second kappa shape index (κ2) is 5.71. The summed E-state index contributed by atoms with van der Waals surface area (Å²) in [5.41, 5.74) is 2.07. The van der Waals surface area contributed by atoms with Crippen LogP contribution in [0.2, 0.25) is 0 Å². The zero-order chi connectivity index (χ0) is 12.1. The highest BCUT2D eigenvalue weighted by Gasteiger charge is 2.34. The molecule has 1 fully saturated rings. The van der Waals surface area contributed by atoms with E-state index < -0.39 is 0 Å². The first kappa shape index (κ1) is 12.7. The molecule has 17 heavy (non-hydrogen) atoms. The van der Waals surface area contributed by atoms with Crippen molar-refractivity contribution < 1.29 is 0 Å². The van der Waals surface area contributed by atoms with Crippen LogP contribution in [0.3, 0.4) is 0 Å². The second-order valence-electron chi connectivity index (χ2n) is 5.73. The summed E-state index contributed by atoms with van der Waals surface area (Å²) in [5, 5.41) is 0. The molecule has 0 amide bonds. The first-order chi connectivity index (χ1) is 8.30. The lowest BCUT2D eigenvalue weighted by Crippen LogP contribution is -2.31. The minimum absolute atomic E-state index is 0.492. The first-order valence-corrected chi connectivity index (χ1v) is 7.36. The number of rotatable bonds is 4. The summed E-state index contributed by atoms with van der Waals surface area (Å²) >= 11 is 0. The molecule has 1 aliphatic rings. The molecule has 0 heterocycles. The van der Waals surface area contributed by atoms with Crippen molar-refractivity contribution in [1.29, 1.82) is 0 Å². The fourth-order valence-corrected chi connectivity index (χ4v) is 3.57. The van der Waals surface area contributed by atoms with Crippen LogP contribution in [-0.4, -0.2) is 0 Å². The largest absolute Gasteiger partial charge is 0.0654 e. The molecule has 0 nitrogen and oxygen atoms in total. The lowest BCUT2D eigenvalue weighted by molar-refractivity contribution is 0.215. The normalized spacial score (nSPS) is 29.2. The molecule has 1 aromatic carbocycles. The Labute approximate surface area is 106 Å². The summed E-state index contributed by atoms with van der Waals surface area (Å²) in [7, 11) is 0. The van der Waals surface area contributed by atoms with Crippen LogP contribution in [-0.2, 0) is 5.41 Å². The van der Waals surface area contributed by atoms with Crippen LogP contribution < -0.4 is 0 Å². The molecule has 0 aliphatic heterocycles. The predicted molar refractivity (Wildman–Crippen MR) is 75.3 cm³/mol. The van der Waals surface area contributed by atoms with Crippen molar-refractivity contribution in [2.75, 3.05) is 0 Å². The van der Waals surface area contributed by atoms with Gasteiger partial charge < -0.3 is 0 Å². The van der Waals surface area contributed by atoms with Crippen molar-refractivity contribution in [2.45, 2.75) is 64.2 Å². The fourth-order valence-electron chi connectivity index (χ4n) is 3.57. The summed E-state index contributed by atoms with van der Waals surface area (Å²) in [4.78, 5) is 0. The van der Waals surface area contributed by atoms with Crippen LogP contribution in [0.5, 0.6) is 0 Å². The summed E-state index contributed by atoms with van der Waals surface area (Å²) < 4.78 is 0. The molecule has 1 aliphatic carbocycles. The Morgan fingerprint density at radius 2 is 1.71 bits per heavy atom. The average Bonchev–Trinajstić information content (AvgIpc) is 2.41. The number of benzene rings is 1. The Morgan fingerprint density at radius 3 is 2.24 bits per heavy atom. The molecule has 94 valence electrons. The van der Waals surface area contributed by atoms with Crippen LogP contribution in [0.1, 0.15) is 64.4 Å². The van der Waals surface area contributed by atoms with E-state index >= 15 is 0 Å².